The lowest BCUT2D eigenvalue weighted by Gasteiger charge is -2.33. The minimum Gasteiger partial charge on any atom is -0.389 e. The molecule has 40 heavy (non-hydrogen) atoms. The molecule has 2 aromatic carbocycles. The smallest absolute Gasteiger partial charge is 0.389 e. The zero-order chi connectivity index (χ0) is 28.6. The average molecular weight is 558 g/mol. The van der Waals surface area contributed by atoms with E-state index >= 15 is 0 Å². The zero-order valence-corrected chi connectivity index (χ0v) is 21.6. The number of amides is 2. The quantitative estimate of drug-likeness (QED) is 0.402. The number of aromatic nitrogens is 2. The summed E-state index contributed by atoms with van der Waals surface area (Å²) < 4.78 is 41.6. The van der Waals surface area contributed by atoms with E-state index in [4.69, 9.17) is 0 Å². The largest absolute Gasteiger partial charge is 0.416 e. The van der Waals surface area contributed by atoms with E-state index in [1.165, 1.54) is 18.2 Å². The molecule has 2 fully saturated rings. The average Bonchev–Trinajstić information content (AvgIpc) is 3.44. The second-order valence-electron chi connectivity index (χ2n) is 10.3. The molecule has 12 heteroatoms. The third-order valence-corrected chi connectivity index (χ3v) is 7.42. The standard InChI is InChI=1S/C28H30F3N5O4/c1-2-25(39)35-10-4-7-20(14-35)36-22-9-8-17(13-34-15-23(37)24(38)16-34)11-21(22)32-27(36)33-26(40)18-5-3-6-19(12-18)28(29,30)31/h2-3,5-6,8-9,11-12,20,23-24,37-38H,1,4,7,10,13-16H2,(H,32,33,40). The summed E-state index contributed by atoms with van der Waals surface area (Å²) in [7, 11) is 0. The maximum Gasteiger partial charge on any atom is 0.416 e. The number of halogens is 3. The van der Waals surface area contributed by atoms with Gasteiger partial charge in [0.2, 0.25) is 11.9 Å². The second kappa shape index (κ2) is 11.0. The number of alkyl halides is 3. The first-order valence-corrected chi connectivity index (χ1v) is 13.0. The molecule has 3 N–H and O–H groups in total. The maximum absolute atomic E-state index is 13.2. The van der Waals surface area contributed by atoms with Gasteiger partial charge in [-0.15, -0.1) is 0 Å². The number of benzene rings is 2. The Hall–Kier alpha value is -3.74. The van der Waals surface area contributed by atoms with Crippen LogP contribution in [0.1, 0.15) is 40.4 Å². The number of likely N-dealkylation sites (tertiary alicyclic amines) is 2. The summed E-state index contributed by atoms with van der Waals surface area (Å²) in [5.74, 6) is -0.779. The van der Waals surface area contributed by atoms with E-state index in [2.05, 4.69) is 16.9 Å². The predicted octanol–water partition coefficient (Wildman–Crippen LogP) is 3.19. The van der Waals surface area contributed by atoms with Crippen molar-refractivity contribution < 1.29 is 33.0 Å². The molecule has 2 amide bonds. The summed E-state index contributed by atoms with van der Waals surface area (Å²) in [5, 5.41) is 22.5. The fourth-order valence-corrected chi connectivity index (χ4v) is 5.44. The first-order chi connectivity index (χ1) is 19.0. The molecule has 3 heterocycles. The number of nitrogens with one attached hydrogen (secondary N) is 1. The molecule has 0 spiro atoms. The van der Waals surface area contributed by atoms with Gasteiger partial charge in [0.25, 0.3) is 5.91 Å². The number of β-amino-alcohol motifs (C(OH)–C–C–N with tert-alkyl or cyclic N) is 2. The second-order valence-corrected chi connectivity index (χ2v) is 10.3. The zero-order valence-electron chi connectivity index (χ0n) is 21.6. The van der Waals surface area contributed by atoms with Gasteiger partial charge in [-0.1, -0.05) is 18.7 Å². The van der Waals surface area contributed by atoms with Crippen molar-refractivity contribution in [1.29, 1.82) is 0 Å². The van der Waals surface area contributed by atoms with Crippen LogP contribution >= 0.6 is 0 Å². The number of carbonyl (C=O) groups is 2. The van der Waals surface area contributed by atoms with Crippen LogP contribution in [0.25, 0.3) is 11.0 Å². The molecule has 3 aromatic rings. The van der Waals surface area contributed by atoms with Crippen molar-refractivity contribution in [2.24, 2.45) is 0 Å². The molecular formula is C28H30F3N5O4. The Labute approximate surface area is 228 Å². The van der Waals surface area contributed by atoms with E-state index in [1.807, 2.05) is 27.7 Å². The Morgan fingerprint density at radius 3 is 2.55 bits per heavy atom. The number of rotatable bonds is 6. The molecule has 0 aliphatic carbocycles. The predicted molar refractivity (Wildman–Crippen MR) is 141 cm³/mol. The highest BCUT2D eigenvalue weighted by atomic mass is 19.4. The van der Waals surface area contributed by atoms with Crippen LogP contribution in [-0.2, 0) is 17.5 Å². The Morgan fingerprint density at radius 2 is 1.85 bits per heavy atom. The van der Waals surface area contributed by atoms with Crippen LogP contribution < -0.4 is 5.32 Å². The molecule has 0 saturated carbocycles. The first kappa shape index (κ1) is 27.8. The fraction of sp³-hybridized carbons (Fsp3) is 0.393. The number of hydrogen-bond acceptors (Lipinski definition) is 6. The van der Waals surface area contributed by atoms with Crippen molar-refractivity contribution in [3.05, 3.63) is 71.8 Å². The van der Waals surface area contributed by atoms with E-state index in [-0.39, 0.29) is 23.5 Å². The number of hydrogen-bond donors (Lipinski definition) is 3. The van der Waals surface area contributed by atoms with Gasteiger partial charge in [-0.05, 0) is 54.8 Å². The summed E-state index contributed by atoms with van der Waals surface area (Å²) >= 11 is 0. The van der Waals surface area contributed by atoms with E-state index in [9.17, 15) is 33.0 Å². The van der Waals surface area contributed by atoms with E-state index in [0.29, 0.717) is 56.6 Å². The van der Waals surface area contributed by atoms with Gasteiger partial charge in [0.05, 0.1) is 34.8 Å². The molecule has 2 saturated heterocycles. The Bertz CT molecular complexity index is 1430. The molecule has 1 aromatic heterocycles. The first-order valence-electron chi connectivity index (χ1n) is 13.0. The Morgan fingerprint density at radius 1 is 1.10 bits per heavy atom. The van der Waals surface area contributed by atoms with E-state index in [0.717, 1.165) is 17.7 Å². The van der Waals surface area contributed by atoms with E-state index in [1.54, 1.807) is 4.90 Å². The highest BCUT2D eigenvalue weighted by Crippen LogP contribution is 2.33. The minimum absolute atomic E-state index is 0.160. The summed E-state index contributed by atoms with van der Waals surface area (Å²) in [6, 6.07) is 9.54. The van der Waals surface area contributed by atoms with Gasteiger partial charge in [-0.3, -0.25) is 19.8 Å². The summed E-state index contributed by atoms with van der Waals surface area (Å²) in [4.78, 5) is 33.7. The van der Waals surface area contributed by atoms with E-state index < -0.39 is 29.9 Å². The summed E-state index contributed by atoms with van der Waals surface area (Å²) in [6.07, 6.45) is -3.55. The number of piperidine rings is 1. The molecule has 212 valence electrons. The molecule has 3 unspecified atom stereocenters. The third-order valence-electron chi connectivity index (χ3n) is 7.42. The molecule has 0 radical (unpaired) electrons. The van der Waals surface area contributed by atoms with Gasteiger partial charge >= 0.3 is 6.18 Å². The number of aliphatic hydroxyl groups excluding tert-OH is 2. The maximum atomic E-state index is 13.2. The lowest BCUT2D eigenvalue weighted by molar-refractivity contribution is -0.137. The van der Waals surface area contributed by atoms with Crippen LogP contribution in [0, 0.1) is 0 Å². The van der Waals surface area contributed by atoms with Crippen LogP contribution in [0.2, 0.25) is 0 Å². The van der Waals surface area contributed by atoms with Gasteiger partial charge < -0.3 is 19.7 Å². The highest BCUT2D eigenvalue weighted by Gasteiger charge is 2.32. The molecule has 9 nitrogen and oxygen atoms in total. The molecule has 0 bridgehead atoms. The lowest BCUT2D eigenvalue weighted by Crippen LogP contribution is -2.40. The lowest BCUT2D eigenvalue weighted by atomic mass is 10.0. The van der Waals surface area contributed by atoms with Crippen molar-refractivity contribution in [2.45, 2.75) is 43.8 Å². The van der Waals surface area contributed by atoms with Crippen LogP contribution in [0.15, 0.2) is 55.1 Å². The van der Waals surface area contributed by atoms with Gasteiger partial charge in [-0.2, -0.15) is 13.2 Å². The number of nitrogens with zero attached hydrogens (tertiary/aromatic N) is 4. The number of aliphatic hydroxyl groups is 2. The van der Waals surface area contributed by atoms with Gasteiger partial charge in [0.1, 0.15) is 0 Å². The monoisotopic (exact) mass is 557 g/mol. The van der Waals surface area contributed by atoms with Crippen LogP contribution in [0.4, 0.5) is 19.1 Å². The Kier molecular flexibility index (Phi) is 7.67. The van der Waals surface area contributed by atoms with Crippen LogP contribution in [0.3, 0.4) is 0 Å². The van der Waals surface area contributed by atoms with Gasteiger partial charge in [-0.25, -0.2) is 4.98 Å². The van der Waals surface area contributed by atoms with Crippen molar-refractivity contribution in [3.8, 4) is 0 Å². The Balaban J connectivity index is 1.49. The summed E-state index contributed by atoms with van der Waals surface area (Å²) in [6.45, 7) is 5.62. The fourth-order valence-electron chi connectivity index (χ4n) is 5.44. The summed E-state index contributed by atoms with van der Waals surface area (Å²) in [5.41, 5.74) is 1.04. The SMILES string of the molecule is C=CC(=O)N1CCCC(n2c(NC(=O)c3cccc(C(F)(F)F)c3)nc3cc(CN4CC(O)C(O)C4)ccc32)C1. The van der Waals surface area contributed by atoms with Crippen LogP contribution in [0.5, 0.6) is 0 Å². The van der Waals surface area contributed by atoms with Gasteiger partial charge in [0, 0.05) is 38.3 Å². The highest BCUT2D eigenvalue weighted by molar-refractivity contribution is 6.04. The number of carbonyl (C=O) groups excluding carboxylic acids is 2. The molecule has 3 atom stereocenters. The van der Waals surface area contributed by atoms with Crippen molar-refractivity contribution in [1.82, 2.24) is 19.4 Å². The number of imidazole rings is 1. The molecule has 5 rings (SSSR count). The van der Waals surface area contributed by atoms with Gasteiger partial charge in [0.15, 0.2) is 0 Å². The van der Waals surface area contributed by atoms with Crippen molar-refractivity contribution in [2.75, 3.05) is 31.5 Å². The normalized spacial score (nSPS) is 22.0. The molecule has 2 aliphatic heterocycles. The number of anilines is 1. The van der Waals surface area contributed by atoms with Crippen molar-refractivity contribution >= 4 is 28.8 Å². The molecule has 2 aliphatic rings. The minimum atomic E-state index is -4.59. The van der Waals surface area contributed by atoms with Crippen molar-refractivity contribution in [3.63, 3.8) is 0 Å². The van der Waals surface area contributed by atoms with Crippen LogP contribution in [-0.4, -0.2) is 79.8 Å². The third kappa shape index (κ3) is 5.74. The number of fused-ring (bicyclic) bond motifs is 1. The topological polar surface area (TPSA) is 111 Å². The molecular weight excluding hydrogens is 527 g/mol.